The highest BCUT2D eigenvalue weighted by atomic mass is 16.5. The molecule has 5 heteroatoms. The van der Waals surface area contributed by atoms with Crippen LogP contribution in [-0.4, -0.2) is 30.8 Å². The van der Waals surface area contributed by atoms with E-state index in [0.717, 1.165) is 18.5 Å². The SMILES string of the molecule is CC[C@@H](C)NCc1ccc(OCC(=O)O)c(OC)c1. The van der Waals surface area contributed by atoms with E-state index in [1.807, 2.05) is 12.1 Å². The molecule has 0 fully saturated rings. The van der Waals surface area contributed by atoms with E-state index in [1.165, 1.54) is 7.11 Å². The number of methoxy groups -OCH3 is 1. The van der Waals surface area contributed by atoms with Gasteiger partial charge in [-0.1, -0.05) is 13.0 Å². The van der Waals surface area contributed by atoms with Crippen LogP contribution in [-0.2, 0) is 11.3 Å². The monoisotopic (exact) mass is 267 g/mol. The number of ether oxygens (including phenoxy) is 2. The molecule has 2 N–H and O–H groups in total. The van der Waals surface area contributed by atoms with Crippen LogP contribution in [0.3, 0.4) is 0 Å². The molecule has 106 valence electrons. The number of benzene rings is 1. The molecule has 1 atom stereocenters. The minimum Gasteiger partial charge on any atom is -0.493 e. The van der Waals surface area contributed by atoms with Crippen molar-refractivity contribution in [2.75, 3.05) is 13.7 Å². The molecule has 0 aromatic heterocycles. The zero-order valence-electron chi connectivity index (χ0n) is 11.6. The van der Waals surface area contributed by atoms with Crippen molar-refractivity contribution >= 4 is 5.97 Å². The third kappa shape index (κ3) is 5.18. The lowest BCUT2D eigenvalue weighted by atomic mass is 10.1. The Bertz CT molecular complexity index is 420. The van der Waals surface area contributed by atoms with Gasteiger partial charge in [-0.25, -0.2) is 4.79 Å². The number of carboxylic acid groups (broad SMARTS) is 1. The summed E-state index contributed by atoms with van der Waals surface area (Å²) in [7, 11) is 1.54. The first-order valence-electron chi connectivity index (χ1n) is 6.31. The lowest BCUT2D eigenvalue weighted by Crippen LogP contribution is -2.24. The molecule has 0 spiro atoms. The van der Waals surface area contributed by atoms with Gasteiger partial charge in [-0.05, 0) is 31.0 Å². The van der Waals surface area contributed by atoms with Gasteiger partial charge in [0, 0.05) is 12.6 Å². The second-order valence-electron chi connectivity index (χ2n) is 4.36. The van der Waals surface area contributed by atoms with Gasteiger partial charge < -0.3 is 19.9 Å². The molecule has 0 aliphatic heterocycles. The van der Waals surface area contributed by atoms with Crippen LogP contribution in [0.4, 0.5) is 0 Å². The topological polar surface area (TPSA) is 67.8 Å². The highest BCUT2D eigenvalue weighted by Crippen LogP contribution is 2.28. The number of nitrogens with one attached hydrogen (secondary N) is 1. The summed E-state index contributed by atoms with van der Waals surface area (Å²) < 4.78 is 10.4. The van der Waals surface area contributed by atoms with Crippen molar-refractivity contribution in [1.82, 2.24) is 5.32 Å². The molecule has 1 aromatic carbocycles. The molecule has 0 heterocycles. The quantitative estimate of drug-likeness (QED) is 0.754. The number of rotatable bonds is 8. The minimum atomic E-state index is -1.01. The Morgan fingerprint density at radius 1 is 1.42 bits per heavy atom. The summed E-state index contributed by atoms with van der Waals surface area (Å²) in [5.74, 6) is -0.0218. The first-order valence-corrected chi connectivity index (χ1v) is 6.31. The van der Waals surface area contributed by atoms with Crippen LogP contribution in [0.25, 0.3) is 0 Å². The van der Waals surface area contributed by atoms with Crippen molar-refractivity contribution in [2.45, 2.75) is 32.9 Å². The summed E-state index contributed by atoms with van der Waals surface area (Å²) in [5, 5.41) is 12.0. The fourth-order valence-corrected chi connectivity index (χ4v) is 1.52. The van der Waals surface area contributed by atoms with Gasteiger partial charge in [0.25, 0.3) is 0 Å². The first-order chi connectivity index (χ1) is 9.06. The Kier molecular flexibility index (Phi) is 6.15. The van der Waals surface area contributed by atoms with E-state index in [9.17, 15) is 4.79 Å². The van der Waals surface area contributed by atoms with Crippen molar-refractivity contribution in [2.24, 2.45) is 0 Å². The number of carbonyl (C=O) groups is 1. The summed E-state index contributed by atoms with van der Waals surface area (Å²) in [6, 6.07) is 5.94. The molecule has 0 aliphatic rings. The minimum absolute atomic E-state index is 0.374. The van der Waals surface area contributed by atoms with E-state index in [4.69, 9.17) is 14.6 Å². The van der Waals surface area contributed by atoms with Gasteiger partial charge in [0.15, 0.2) is 18.1 Å². The number of hydrogen-bond donors (Lipinski definition) is 2. The van der Waals surface area contributed by atoms with Crippen molar-refractivity contribution in [1.29, 1.82) is 0 Å². The molecule has 0 unspecified atom stereocenters. The van der Waals surface area contributed by atoms with E-state index >= 15 is 0 Å². The van der Waals surface area contributed by atoms with Crippen molar-refractivity contribution in [3.63, 3.8) is 0 Å². The normalized spacial score (nSPS) is 11.9. The molecule has 1 aromatic rings. The van der Waals surface area contributed by atoms with Crippen LogP contribution in [0.15, 0.2) is 18.2 Å². The molecular formula is C14H21NO4. The number of carboxylic acids is 1. The molecule has 5 nitrogen and oxygen atoms in total. The smallest absolute Gasteiger partial charge is 0.341 e. The molecule has 19 heavy (non-hydrogen) atoms. The van der Waals surface area contributed by atoms with Crippen molar-refractivity contribution in [3.8, 4) is 11.5 Å². The molecule has 0 radical (unpaired) electrons. The van der Waals surface area contributed by atoms with Gasteiger partial charge in [-0.3, -0.25) is 0 Å². The summed E-state index contributed by atoms with van der Waals surface area (Å²) in [6.07, 6.45) is 1.07. The molecule has 0 saturated heterocycles. The van der Waals surface area contributed by atoms with Gasteiger partial charge in [0.05, 0.1) is 7.11 Å². The maximum absolute atomic E-state index is 10.5. The highest BCUT2D eigenvalue weighted by molar-refractivity contribution is 5.68. The van der Waals surface area contributed by atoms with Crippen LogP contribution in [0.2, 0.25) is 0 Å². The van der Waals surface area contributed by atoms with Crippen molar-refractivity contribution < 1.29 is 19.4 Å². The average Bonchev–Trinajstić information content (AvgIpc) is 2.42. The largest absolute Gasteiger partial charge is 0.493 e. The number of aliphatic carboxylic acids is 1. The Hall–Kier alpha value is -1.75. The molecule has 1 rings (SSSR count). The molecular weight excluding hydrogens is 246 g/mol. The summed E-state index contributed by atoms with van der Waals surface area (Å²) in [6.45, 7) is 4.62. The van der Waals surface area contributed by atoms with Gasteiger partial charge in [-0.2, -0.15) is 0 Å². The Labute approximate surface area is 113 Å². The highest BCUT2D eigenvalue weighted by Gasteiger charge is 2.08. The predicted molar refractivity (Wildman–Crippen MR) is 72.7 cm³/mol. The predicted octanol–water partition coefficient (Wildman–Crippen LogP) is 2.05. The maximum atomic E-state index is 10.5. The standard InChI is InChI=1S/C14H21NO4/c1-4-10(2)15-8-11-5-6-12(13(7-11)18-3)19-9-14(16)17/h5-7,10,15H,4,8-9H2,1-3H3,(H,16,17)/t10-/m1/s1. The van der Waals surface area contributed by atoms with Gasteiger partial charge in [-0.15, -0.1) is 0 Å². The van der Waals surface area contributed by atoms with E-state index in [-0.39, 0.29) is 6.61 Å². The Morgan fingerprint density at radius 3 is 2.74 bits per heavy atom. The van der Waals surface area contributed by atoms with Gasteiger partial charge in [0.1, 0.15) is 0 Å². The zero-order valence-corrected chi connectivity index (χ0v) is 11.6. The molecule has 0 saturated carbocycles. The number of hydrogen-bond acceptors (Lipinski definition) is 4. The van der Waals surface area contributed by atoms with E-state index in [1.54, 1.807) is 6.07 Å². The van der Waals surface area contributed by atoms with E-state index < -0.39 is 5.97 Å². The van der Waals surface area contributed by atoms with Crippen LogP contribution in [0, 0.1) is 0 Å². The van der Waals surface area contributed by atoms with Crippen molar-refractivity contribution in [3.05, 3.63) is 23.8 Å². The Balaban J connectivity index is 2.69. The average molecular weight is 267 g/mol. The van der Waals surface area contributed by atoms with Crippen LogP contribution >= 0.6 is 0 Å². The zero-order chi connectivity index (χ0) is 14.3. The molecule has 0 aliphatic carbocycles. The summed E-state index contributed by atoms with van der Waals surface area (Å²) in [4.78, 5) is 10.5. The molecule has 0 bridgehead atoms. The lowest BCUT2D eigenvalue weighted by Gasteiger charge is -2.14. The summed E-state index contributed by atoms with van der Waals surface area (Å²) >= 11 is 0. The fourth-order valence-electron chi connectivity index (χ4n) is 1.52. The third-order valence-electron chi connectivity index (χ3n) is 2.85. The fraction of sp³-hybridized carbons (Fsp3) is 0.500. The van der Waals surface area contributed by atoms with E-state index in [2.05, 4.69) is 19.2 Å². The van der Waals surface area contributed by atoms with Crippen LogP contribution in [0.1, 0.15) is 25.8 Å². The Morgan fingerprint density at radius 2 is 2.16 bits per heavy atom. The maximum Gasteiger partial charge on any atom is 0.341 e. The van der Waals surface area contributed by atoms with Crippen LogP contribution < -0.4 is 14.8 Å². The van der Waals surface area contributed by atoms with Gasteiger partial charge >= 0.3 is 5.97 Å². The second kappa shape index (κ2) is 7.63. The first kappa shape index (κ1) is 15.3. The summed E-state index contributed by atoms with van der Waals surface area (Å²) in [5.41, 5.74) is 1.07. The third-order valence-corrected chi connectivity index (χ3v) is 2.85. The lowest BCUT2D eigenvalue weighted by molar-refractivity contribution is -0.139. The van der Waals surface area contributed by atoms with Crippen LogP contribution in [0.5, 0.6) is 11.5 Å². The van der Waals surface area contributed by atoms with Gasteiger partial charge in [0.2, 0.25) is 0 Å². The van der Waals surface area contributed by atoms with E-state index in [0.29, 0.717) is 17.5 Å². The second-order valence-corrected chi connectivity index (χ2v) is 4.36. The molecule has 0 amide bonds.